The number of hydrogen-bond donors (Lipinski definition) is 1. The van der Waals surface area contributed by atoms with Crippen LogP contribution in [0.15, 0.2) is 42.9 Å². The number of H-pyrrole nitrogens is 1. The molecule has 0 amide bonds. The van der Waals surface area contributed by atoms with Crippen LogP contribution in [0.1, 0.15) is 20.3 Å². The van der Waals surface area contributed by atoms with Crippen LogP contribution in [-0.2, 0) is 0 Å². The third-order valence-corrected chi connectivity index (χ3v) is 4.80. The average Bonchev–Trinajstić information content (AvgIpc) is 3.15. The summed E-state index contributed by atoms with van der Waals surface area (Å²) in [7, 11) is 0. The Morgan fingerprint density at radius 2 is 1.81 bits per heavy atom. The van der Waals surface area contributed by atoms with Crippen LogP contribution >= 0.6 is 0 Å². The maximum atomic E-state index is 13.4. The number of hydrogen-bond acceptors (Lipinski definition) is 4. The van der Waals surface area contributed by atoms with Crippen molar-refractivity contribution in [2.45, 2.75) is 20.3 Å². The zero-order valence-corrected chi connectivity index (χ0v) is 15.0. The van der Waals surface area contributed by atoms with E-state index in [1.165, 1.54) is 18.6 Å². The Balaban J connectivity index is 1.79. The normalized spacial score (nSPS) is 20.3. The highest BCUT2D eigenvalue weighted by atomic mass is 19.1. The predicted octanol–water partition coefficient (Wildman–Crippen LogP) is 4.16. The van der Waals surface area contributed by atoms with Crippen LogP contribution in [0.2, 0.25) is 0 Å². The second kappa shape index (κ2) is 6.86. The van der Waals surface area contributed by atoms with Gasteiger partial charge in [-0.2, -0.15) is 0 Å². The number of halogens is 1. The van der Waals surface area contributed by atoms with E-state index < -0.39 is 0 Å². The van der Waals surface area contributed by atoms with Crippen molar-refractivity contribution in [3.8, 4) is 22.6 Å². The highest BCUT2D eigenvalue weighted by Gasteiger charge is 2.25. The number of piperidine rings is 1. The number of aromatic nitrogens is 4. The van der Waals surface area contributed by atoms with Gasteiger partial charge in [0, 0.05) is 37.2 Å². The average molecular weight is 351 g/mol. The first-order chi connectivity index (χ1) is 12.6. The molecule has 3 heterocycles. The van der Waals surface area contributed by atoms with Crippen molar-refractivity contribution >= 4 is 5.95 Å². The second-order valence-electron chi connectivity index (χ2n) is 7.23. The molecule has 0 aliphatic carbocycles. The summed E-state index contributed by atoms with van der Waals surface area (Å²) in [6.07, 6.45) is 6.51. The number of aromatic amines is 1. The van der Waals surface area contributed by atoms with Gasteiger partial charge in [0.2, 0.25) is 5.95 Å². The van der Waals surface area contributed by atoms with Gasteiger partial charge in [-0.3, -0.25) is 0 Å². The molecule has 2 aromatic heterocycles. The number of anilines is 1. The van der Waals surface area contributed by atoms with Gasteiger partial charge in [-0.05, 0) is 42.5 Å². The lowest BCUT2D eigenvalue weighted by molar-refractivity contribution is 0.353. The Morgan fingerprint density at radius 1 is 1.08 bits per heavy atom. The lowest BCUT2D eigenvalue weighted by atomic mass is 9.92. The summed E-state index contributed by atoms with van der Waals surface area (Å²) in [5.41, 5.74) is 2.42. The Bertz CT molecular complexity index is 866. The van der Waals surface area contributed by atoms with Crippen molar-refractivity contribution in [2.24, 2.45) is 11.8 Å². The van der Waals surface area contributed by atoms with Crippen molar-refractivity contribution < 1.29 is 4.39 Å². The summed E-state index contributed by atoms with van der Waals surface area (Å²) < 4.78 is 13.4. The van der Waals surface area contributed by atoms with Crippen LogP contribution in [-0.4, -0.2) is 33.0 Å². The summed E-state index contributed by atoms with van der Waals surface area (Å²) in [5.74, 6) is 2.39. The predicted molar refractivity (Wildman–Crippen MR) is 100 cm³/mol. The van der Waals surface area contributed by atoms with Crippen LogP contribution in [0, 0.1) is 17.7 Å². The standard InChI is InChI=1S/C20H22FN5/c1-13-9-14(2)12-26(11-13)20-24-10-17(19-22-7-8-23-19)18(25-20)15-3-5-16(21)6-4-15/h3-8,10,13-14H,9,11-12H2,1-2H3,(H,22,23)/t13-,14-/m1/s1. The number of nitrogens with zero attached hydrogens (tertiary/aromatic N) is 4. The first-order valence-electron chi connectivity index (χ1n) is 8.98. The van der Waals surface area contributed by atoms with Gasteiger partial charge in [0.15, 0.2) is 0 Å². The van der Waals surface area contributed by atoms with Crippen LogP contribution in [0.5, 0.6) is 0 Å². The van der Waals surface area contributed by atoms with E-state index in [1.54, 1.807) is 24.5 Å². The Kier molecular flexibility index (Phi) is 4.41. The highest BCUT2D eigenvalue weighted by Crippen LogP contribution is 2.31. The topological polar surface area (TPSA) is 57.7 Å². The maximum absolute atomic E-state index is 13.4. The molecule has 1 aliphatic rings. The monoisotopic (exact) mass is 351 g/mol. The molecule has 1 saturated heterocycles. The van der Waals surface area contributed by atoms with Gasteiger partial charge in [-0.15, -0.1) is 0 Å². The van der Waals surface area contributed by atoms with E-state index >= 15 is 0 Å². The summed E-state index contributed by atoms with van der Waals surface area (Å²) in [6.45, 7) is 6.43. The van der Waals surface area contributed by atoms with Gasteiger partial charge < -0.3 is 9.88 Å². The van der Waals surface area contributed by atoms with E-state index in [0.717, 1.165) is 35.9 Å². The highest BCUT2D eigenvalue weighted by molar-refractivity contribution is 5.77. The third kappa shape index (κ3) is 3.31. The number of nitrogens with one attached hydrogen (secondary N) is 1. The fraction of sp³-hybridized carbons (Fsp3) is 0.350. The molecule has 3 aromatic rings. The molecule has 4 rings (SSSR count). The lowest BCUT2D eigenvalue weighted by Gasteiger charge is -2.35. The van der Waals surface area contributed by atoms with Crippen molar-refractivity contribution in [2.75, 3.05) is 18.0 Å². The molecule has 0 bridgehead atoms. The summed E-state index contributed by atoms with van der Waals surface area (Å²) in [6, 6.07) is 6.40. The van der Waals surface area contributed by atoms with Gasteiger partial charge in [0.25, 0.3) is 0 Å². The molecule has 0 spiro atoms. The molecular weight excluding hydrogens is 329 g/mol. The molecule has 1 fully saturated rings. The molecule has 1 N–H and O–H groups in total. The molecule has 0 unspecified atom stereocenters. The zero-order chi connectivity index (χ0) is 18.1. The largest absolute Gasteiger partial charge is 0.345 e. The molecular formula is C20H22FN5. The van der Waals surface area contributed by atoms with E-state index in [4.69, 9.17) is 4.98 Å². The Hall–Kier alpha value is -2.76. The number of imidazole rings is 1. The summed E-state index contributed by atoms with van der Waals surface area (Å²) >= 11 is 0. The van der Waals surface area contributed by atoms with Crippen molar-refractivity contribution in [1.29, 1.82) is 0 Å². The second-order valence-corrected chi connectivity index (χ2v) is 7.23. The molecule has 1 aromatic carbocycles. The number of benzene rings is 1. The molecule has 1 aliphatic heterocycles. The van der Waals surface area contributed by atoms with Gasteiger partial charge in [-0.25, -0.2) is 19.3 Å². The van der Waals surface area contributed by atoms with Crippen molar-refractivity contribution in [3.05, 3.63) is 48.7 Å². The summed E-state index contributed by atoms with van der Waals surface area (Å²) in [5, 5.41) is 0. The zero-order valence-electron chi connectivity index (χ0n) is 15.0. The van der Waals surface area contributed by atoms with Gasteiger partial charge in [0.1, 0.15) is 11.6 Å². The van der Waals surface area contributed by atoms with E-state index in [9.17, 15) is 4.39 Å². The Morgan fingerprint density at radius 3 is 2.46 bits per heavy atom. The fourth-order valence-electron chi connectivity index (χ4n) is 3.76. The lowest BCUT2D eigenvalue weighted by Crippen LogP contribution is -2.39. The molecule has 134 valence electrons. The molecule has 0 radical (unpaired) electrons. The van der Waals surface area contributed by atoms with Gasteiger partial charge in [0.05, 0.1) is 11.3 Å². The van der Waals surface area contributed by atoms with Crippen molar-refractivity contribution in [3.63, 3.8) is 0 Å². The Labute approximate surface area is 152 Å². The molecule has 6 heteroatoms. The van der Waals surface area contributed by atoms with E-state index in [-0.39, 0.29) is 5.82 Å². The van der Waals surface area contributed by atoms with Crippen molar-refractivity contribution in [1.82, 2.24) is 19.9 Å². The third-order valence-electron chi connectivity index (χ3n) is 4.80. The minimum absolute atomic E-state index is 0.263. The minimum atomic E-state index is -0.263. The molecule has 26 heavy (non-hydrogen) atoms. The van der Waals surface area contributed by atoms with Crippen LogP contribution in [0.3, 0.4) is 0 Å². The van der Waals surface area contributed by atoms with Crippen LogP contribution in [0.25, 0.3) is 22.6 Å². The van der Waals surface area contributed by atoms with E-state index in [1.807, 2.05) is 6.20 Å². The quantitative estimate of drug-likeness (QED) is 0.770. The SMILES string of the molecule is C[C@@H]1C[C@@H](C)CN(c2ncc(-c3ncc[nH]3)c(-c3ccc(F)cc3)n2)C1. The van der Waals surface area contributed by atoms with E-state index in [2.05, 4.69) is 33.7 Å². The van der Waals surface area contributed by atoms with Gasteiger partial charge in [-0.1, -0.05) is 13.8 Å². The minimum Gasteiger partial charge on any atom is -0.345 e. The molecule has 2 atom stereocenters. The fourth-order valence-corrected chi connectivity index (χ4v) is 3.76. The number of rotatable bonds is 3. The van der Waals surface area contributed by atoms with Gasteiger partial charge >= 0.3 is 0 Å². The molecule has 5 nitrogen and oxygen atoms in total. The first kappa shape index (κ1) is 16.7. The first-order valence-corrected chi connectivity index (χ1v) is 8.98. The molecule has 0 saturated carbocycles. The van der Waals surface area contributed by atoms with Crippen LogP contribution < -0.4 is 4.90 Å². The maximum Gasteiger partial charge on any atom is 0.225 e. The smallest absolute Gasteiger partial charge is 0.225 e. The van der Waals surface area contributed by atoms with Crippen LogP contribution in [0.4, 0.5) is 10.3 Å². The van der Waals surface area contributed by atoms with E-state index in [0.29, 0.717) is 17.7 Å². The summed E-state index contributed by atoms with van der Waals surface area (Å²) in [4.78, 5) is 19.2.